The maximum atomic E-state index is 13.6. The molecule has 2 amide bonds. The number of hydrogen-bond donors (Lipinski definition) is 1. The van der Waals surface area contributed by atoms with E-state index in [1.54, 1.807) is 6.92 Å². The lowest BCUT2D eigenvalue weighted by atomic mass is 9.84. The van der Waals surface area contributed by atoms with Gasteiger partial charge in [-0.25, -0.2) is 9.69 Å². The molecule has 1 heterocycles. The quantitative estimate of drug-likeness (QED) is 0.173. The number of aliphatic hydroxyl groups is 1. The Morgan fingerprint density at radius 1 is 1.15 bits per heavy atom. The van der Waals surface area contributed by atoms with Gasteiger partial charge in [-0.1, -0.05) is 87.5 Å². The van der Waals surface area contributed by atoms with Gasteiger partial charge in [0.1, 0.15) is 12.4 Å². The molecule has 0 aliphatic carbocycles. The van der Waals surface area contributed by atoms with Crippen LogP contribution in [0.25, 0.3) is 0 Å². The van der Waals surface area contributed by atoms with Crippen molar-refractivity contribution >= 4 is 26.1 Å². The lowest BCUT2D eigenvalue weighted by Crippen LogP contribution is -2.47. The van der Waals surface area contributed by atoms with Crippen molar-refractivity contribution in [2.75, 3.05) is 6.61 Å². The Bertz CT molecular complexity index is 950. The van der Waals surface area contributed by atoms with E-state index >= 15 is 0 Å². The van der Waals surface area contributed by atoms with Crippen LogP contribution in [0, 0.1) is 29.6 Å². The van der Waals surface area contributed by atoms with Crippen LogP contribution < -0.4 is 0 Å². The van der Waals surface area contributed by atoms with E-state index in [2.05, 4.69) is 40.4 Å². The highest BCUT2D eigenvalue weighted by molar-refractivity contribution is 6.74. The number of Topliss-reactive ketones (excluding diaryl/α,β-unsaturated/α-hetero) is 1. The summed E-state index contributed by atoms with van der Waals surface area (Å²) in [6, 6.07) is -0.325. The maximum Gasteiger partial charge on any atom is 0.416 e. The second kappa shape index (κ2) is 14.4. The Morgan fingerprint density at radius 3 is 2.17 bits per heavy atom. The summed E-state index contributed by atoms with van der Waals surface area (Å²) in [4.78, 5) is 40.1. The van der Waals surface area contributed by atoms with Crippen LogP contribution in [0.2, 0.25) is 18.1 Å². The SMILES string of the molecule is C=C(CC)[C@@H](O[Si](C)(C)C(C)(C)C)[C@H](C)C(=O)[C@H](C)/C=C(\C)C[C@H](C)[C@H](O)[C@H](C)C(=O)N1C(=O)OC[C@H]1C(C)C. The third-order valence-corrected chi connectivity index (χ3v) is 13.5. The highest BCUT2D eigenvalue weighted by Crippen LogP contribution is 2.39. The number of ether oxygens (including phenoxy) is 1. The molecule has 7 atom stereocenters. The number of allylic oxidation sites excluding steroid dienone is 2. The van der Waals surface area contributed by atoms with E-state index in [1.165, 1.54) is 4.90 Å². The summed E-state index contributed by atoms with van der Waals surface area (Å²) < 4.78 is 11.8. The monoisotopic (exact) mass is 579 g/mol. The topological polar surface area (TPSA) is 93.1 Å². The zero-order valence-electron chi connectivity index (χ0n) is 27.5. The van der Waals surface area contributed by atoms with Gasteiger partial charge in [0.05, 0.1) is 24.2 Å². The number of ketones is 1. The van der Waals surface area contributed by atoms with Crippen LogP contribution in [0.15, 0.2) is 23.8 Å². The fraction of sp³-hybridized carbons (Fsp3) is 0.781. The van der Waals surface area contributed by atoms with E-state index in [9.17, 15) is 19.5 Å². The molecule has 0 unspecified atom stereocenters. The van der Waals surface area contributed by atoms with E-state index in [1.807, 2.05) is 54.5 Å². The Labute approximate surface area is 244 Å². The first-order chi connectivity index (χ1) is 18.2. The van der Waals surface area contributed by atoms with Crippen LogP contribution in [0.5, 0.6) is 0 Å². The molecule has 0 radical (unpaired) electrons. The van der Waals surface area contributed by atoms with Crippen LogP contribution in [-0.2, 0) is 18.8 Å². The Kier molecular flexibility index (Phi) is 13.1. The van der Waals surface area contributed by atoms with E-state index in [-0.39, 0.29) is 53.2 Å². The molecule has 8 heteroatoms. The van der Waals surface area contributed by atoms with E-state index in [0.717, 1.165) is 17.6 Å². The van der Waals surface area contributed by atoms with Gasteiger partial charge in [-0.2, -0.15) is 0 Å². The van der Waals surface area contributed by atoms with Gasteiger partial charge in [0.15, 0.2) is 8.32 Å². The van der Waals surface area contributed by atoms with Crippen molar-refractivity contribution in [1.82, 2.24) is 4.90 Å². The van der Waals surface area contributed by atoms with Gasteiger partial charge in [-0.05, 0) is 55.3 Å². The fourth-order valence-electron chi connectivity index (χ4n) is 5.04. The van der Waals surface area contributed by atoms with E-state index in [0.29, 0.717) is 6.42 Å². The third kappa shape index (κ3) is 8.86. The number of hydrogen-bond acceptors (Lipinski definition) is 6. The molecule has 0 aromatic heterocycles. The first-order valence-corrected chi connectivity index (χ1v) is 17.8. The Balaban J connectivity index is 2.96. The van der Waals surface area contributed by atoms with Crippen molar-refractivity contribution in [3.8, 4) is 0 Å². The maximum absolute atomic E-state index is 13.6. The summed E-state index contributed by atoms with van der Waals surface area (Å²) in [6.07, 6.45) is 1.31. The van der Waals surface area contributed by atoms with Gasteiger partial charge in [0, 0.05) is 11.8 Å². The Morgan fingerprint density at radius 2 is 1.70 bits per heavy atom. The zero-order valence-corrected chi connectivity index (χ0v) is 28.5. The number of cyclic esters (lactones) is 1. The predicted molar refractivity (Wildman–Crippen MR) is 164 cm³/mol. The van der Waals surface area contributed by atoms with Gasteiger partial charge >= 0.3 is 6.09 Å². The summed E-state index contributed by atoms with van der Waals surface area (Å²) in [5.41, 5.74) is 1.91. The van der Waals surface area contributed by atoms with Gasteiger partial charge < -0.3 is 14.3 Å². The molecule has 1 saturated heterocycles. The molecule has 1 fully saturated rings. The number of nitrogens with zero attached hydrogens (tertiary/aromatic N) is 1. The molecular weight excluding hydrogens is 522 g/mol. The van der Waals surface area contributed by atoms with Crippen molar-refractivity contribution in [3.63, 3.8) is 0 Å². The highest BCUT2D eigenvalue weighted by Gasteiger charge is 2.44. The summed E-state index contributed by atoms with van der Waals surface area (Å²) in [7, 11) is -2.12. The number of imide groups is 1. The zero-order chi connectivity index (χ0) is 31.3. The number of carbonyl (C=O) groups is 3. The minimum atomic E-state index is -2.12. The first-order valence-electron chi connectivity index (χ1n) is 14.9. The molecule has 230 valence electrons. The smallest absolute Gasteiger partial charge is 0.416 e. The number of aliphatic hydroxyl groups excluding tert-OH is 1. The van der Waals surface area contributed by atoms with Crippen molar-refractivity contribution in [3.05, 3.63) is 23.8 Å². The number of rotatable bonds is 14. The van der Waals surface area contributed by atoms with E-state index < -0.39 is 32.3 Å². The summed E-state index contributed by atoms with van der Waals surface area (Å²) in [5, 5.41) is 11.0. The largest absolute Gasteiger partial charge is 0.447 e. The molecule has 0 spiro atoms. The van der Waals surface area contributed by atoms with Crippen molar-refractivity contribution in [1.29, 1.82) is 0 Å². The minimum absolute atomic E-state index is 0.0183. The van der Waals surface area contributed by atoms with Crippen LogP contribution >= 0.6 is 0 Å². The fourth-order valence-corrected chi connectivity index (χ4v) is 6.40. The van der Waals surface area contributed by atoms with Gasteiger partial charge in [0.2, 0.25) is 5.91 Å². The molecular formula is C32H57NO6Si. The van der Waals surface area contributed by atoms with Crippen molar-refractivity contribution < 1.29 is 28.7 Å². The van der Waals surface area contributed by atoms with Gasteiger partial charge in [-0.3, -0.25) is 9.59 Å². The van der Waals surface area contributed by atoms with Crippen LogP contribution in [0.4, 0.5) is 4.79 Å². The average Bonchev–Trinajstić information content (AvgIpc) is 3.25. The average molecular weight is 580 g/mol. The van der Waals surface area contributed by atoms with Gasteiger partial charge in [-0.15, -0.1) is 0 Å². The van der Waals surface area contributed by atoms with Gasteiger partial charge in [0.25, 0.3) is 0 Å². The lowest BCUT2D eigenvalue weighted by Gasteiger charge is -2.41. The normalized spacial score (nSPS) is 21.5. The minimum Gasteiger partial charge on any atom is -0.447 e. The summed E-state index contributed by atoms with van der Waals surface area (Å²) in [6.45, 7) is 30.6. The first kappa shape index (κ1) is 36.3. The molecule has 1 rings (SSSR count). The molecule has 0 bridgehead atoms. The number of amides is 2. The van der Waals surface area contributed by atoms with Crippen LogP contribution in [0.1, 0.15) is 89.0 Å². The second-order valence-corrected chi connectivity index (χ2v) is 18.6. The molecule has 0 aromatic carbocycles. The molecule has 0 aromatic rings. The summed E-state index contributed by atoms with van der Waals surface area (Å²) >= 11 is 0. The predicted octanol–water partition coefficient (Wildman–Crippen LogP) is 7.16. The number of carbonyl (C=O) groups excluding carboxylic acids is 3. The molecule has 40 heavy (non-hydrogen) atoms. The molecule has 1 N–H and O–H groups in total. The van der Waals surface area contributed by atoms with Crippen molar-refractivity contribution in [2.45, 2.75) is 125 Å². The molecule has 0 saturated carbocycles. The summed E-state index contributed by atoms with van der Waals surface area (Å²) in [5.74, 6) is -1.94. The lowest BCUT2D eigenvalue weighted by molar-refractivity contribution is -0.138. The third-order valence-electron chi connectivity index (χ3n) is 9.01. The van der Waals surface area contributed by atoms with Crippen LogP contribution in [-0.4, -0.2) is 61.0 Å². The standard InChI is InChI=1S/C32H57NO6Si/c1-15-21(5)29(39-40(13,14)32(10,11)12)24(8)27(34)22(6)16-20(4)17-23(7)28(35)25(9)30(36)33-26(19(2)3)18-38-31(33)37/h16,19,22-26,28-29,35H,5,15,17-18H2,1-4,6-14H3/b20-16+/t22-,23+,24-,25+,26+,28+,29-/m1/s1. The molecule has 1 aliphatic heterocycles. The molecule has 7 nitrogen and oxygen atoms in total. The Hall–Kier alpha value is -1.77. The van der Waals surface area contributed by atoms with Crippen LogP contribution in [0.3, 0.4) is 0 Å². The molecule has 1 aliphatic rings. The second-order valence-electron chi connectivity index (χ2n) is 13.9. The van der Waals surface area contributed by atoms with Crippen molar-refractivity contribution in [2.24, 2.45) is 29.6 Å². The highest BCUT2D eigenvalue weighted by atomic mass is 28.4. The van der Waals surface area contributed by atoms with E-state index in [4.69, 9.17) is 9.16 Å².